The standard InChI is InChI=1S/C22H27N3O2S2.ClH/c1-4-24(5-2)14-15-25(20(26)16-28-17-10-7-6-8-11-17)22-23-21-18(27-3)12-9-13-19(21)29-22;/h6-13H,4-5,14-16H2,1-3H3;1H. The lowest BCUT2D eigenvalue weighted by Gasteiger charge is -2.24. The summed E-state index contributed by atoms with van der Waals surface area (Å²) < 4.78 is 6.47. The Morgan fingerprint density at radius 1 is 1.07 bits per heavy atom. The van der Waals surface area contributed by atoms with Crippen molar-refractivity contribution in [3.8, 4) is 5.75 Å². The van der Waals surface area contributed by atoms with Gasteiger partial charge in [0.25, 0.3) is 0 Å². The summed E-state index contributed by atoms with van der Waals surface area (Å²) in [4.78, 5) is 23.2. The molecule has 3 rings (SSSR count). The minimum absolute atomic E-state index is 0. The maximum atomic E-state index is 13.2. The average molecular weight is 466 g/mol. The van der Waals surface area contributed by atoms with Gasteiger partial charge < -0.3 is 9.64 Å². The summed E-state index contributed by atoms with van der Waals surface area (Å²) in [5.41, 5.74) is 0.811. The highest BCUT2D eigenvalue weighted by Crippen LogP contribution is 2.34. The lowest BCUT2D eigenvalue weighted by molar-refractivity contribution is -0.116. The Morgan fingerprint density at radius 3 is 2.47 bits per heavy atom. The number of benzene rings is 2. The van der Waals surface area contributed by atoms with Crippen molar-refractivity contribution >= 4 is 56.8 Å². The summed E-state index contributed by atoms with van der Waals surface area (Å²) in [7, 11) is 1.65. The number of para-hydroxylation sites is 1. The molecule has 1 aromatic heterocycles. The van der Waals surface area contributed by atoms with Gasteiger partial charge >= 0.3 is 0 Å². The number of likely N-dealkylation sites (N-methyl/N-ethyl adjacent to an activating group) is 1. The largest absolute Gasteiger partial charge is 0.494 e. The Morgan fingerprint density at radius 2 is 1.80 bits per heavy atom. The van der Waals surface area contributed by atoms with E-state index in [1.54, 1.807) is 18.9 Å². The van der Waals surface area contributed by atoms with E-state index >= 15 is 0 Å². The first-order valence-electron chi connectivity index (χ1n) is 9.80. The zero-order valence-corrected chi connectivity index (χ0v) is 20.0. The summed E-state index contributed by atoms with van der Waals surface area (Å²) in [5.74, 6) is 1.19. The molecular formula is C22H28ClN3O2S2. The molecule has 0 saturated heterocycles. The maximum Gasteiger partial charge on any atom is 0.239 e. The summed E-state index contributed by atoms with van der Waals surface area (Å²) >= 11 is 3.10. The van der Waals surface area contributed by atoms with E-state index in [1.165, 1.54) is 11.3 Å². The summed E-state index contributed by atoms with van der Waals surface area (Å²) in [5, 5.41) is 0.732. The molecule has 30 heavy (non-hydrogen) atoms. The van der Waals surface area contributed by atoms with Gasteiger partial charge in [-0.25, -0.2) is 4.98 Å². The van der Waals surface area contributed by atoms with Gasteiger partial charge in [-0.15, -0.1) is 24.2 Å². The predicted molar refractivity (Wildman–Crippen MR) is 131 cm³/mol. The van der Waals surface area contributed by atoms with Crippen LogP contribution in [-0.2, 0) is 4.79 Å². The quantitative estimate of drug-likeness (QED) is 0.385. The second-order valence-electron chi connectivity index (χ2n) is 6.48. The topological polar surface area (TPSA) is 45.7 Å². The first-order chi connectivity index (χ1) is 14.2. The minimum atomic E-state index is 0. The molecule has 0 radical (unpaired) electrons. The lowest BCUT2D eigenvalue weighted by Crippen LogP contribution is -2.39. The van der Waals surface area contributed by atoms with Gasteiger partial charge in [0.2, 0.25) is 5.91 Å². The van der Waals surface area contributed by atoms with E-state index in [0.29, 0.717) is 12.3 Å². The zero-order chi connectivity index (χ0) is 20.6. The van der Waals surface area contributed by atoms with Crippen molar-refractivity contribution in [1.29, 1.82) is 0 Å². The number of thiazole rings is 1. The van der Waals surface area contributed by atoms with Crippen LogP contribution in [0.3, 0.4) is 0 Å². The second-order valence-corrected chi connectivity index (χ2v) is 8.54. The highest BCUT2D eigenvalue weighted by molar-refractivity contribution is 8.00. The Hall–Kier alpha value is -1.80. The third-order valence-corrected chi connectivity index (χ3v) is 6.80. The Bertz CT molecular complexity index is 933. The normalized spacial score (nSPS) is 10.8. The number of methoxy groups -OCH3 is 1. The lowest BCUT2D eigenvalue weighted by atomic mass is 10.3. The van der Waals surface area contributed by atoms with Crippen LogP contribution in [0.1, 0.15) is 13.8 Å². The number of nitrogens with zero attached hydrogens (tertiary/aromatic N) is 3. The monoisotopic (exact) mass is 465 g/mol. The molecule has 5 nitrogen and oxygen atoms in total. The van der Waals surface area contributed by atoms with Gasteiger partial charge in [0, 0.05) is 18.0 Å². The van der Waals surface area contributed by atoms with Crippen molar-refractivity contribution in [2.45, 2.75) is 18.7 Å². The molecular weight excluding hydrogens is 438 g/mol. The Kier molecular flexibility index (Phi) is 9.91. The predicted octanol–water partition coefficient (Wildman–Crippen LogP) is 5.19. The van der Waals surface area contributed by atoms with Gasteiger partial charge in [0.05, 0.1) is 17.6 Å². The number of rotatable bonds is 10. The molecule has 0 saturated carbocycles. The van der Waals surface area contributed by atoms with Crippen LogP contribution in [0.5, 0.6) is 5.75 Å². The van der Waals surface area contributed by atoms with E-state index in [1.807, 2.05) is 53.4 Å². The summed E-state index contributed by atoms with van der Waals surface area (Å²) in [6.45, 7) is 7.66. The molecule has 0 bridgehead atoms. The van der Waals surface area contributed by atoms with Crippen molar-refractivity contribution in [2.24, 2.45) is 0 Å². The van der Waals surface area contributed by atoms with Crippen LogP contribution in [0.4, 0.5) is 5.13 Å². The van der Waals surface area contributed by atoms with E-state index in [-0.39, 0.29) is 18.3 Å². The molecule has 8 heteroatoms. The van der Waals surface area contributed by atoms with Crippen molar-refractivity contribution in [3.63, 3.8) is 0 Å². The maximum absolute atomic E-state index is 13.2. The van der Waals surface area contributed by atoms with E-state index in [2.05, 4.69) is 18.7 Å². The highest BCUT2D eigenvalue weighted by atomic mass is 35.5. The number of aromatic nitrogens is 1. The van der Waals surface area contributed by atoms with E-state index in [9.17, 15) is 4.79 Å². The number of halogens is 1. The number of anilines is 1. The van der Waals surface area contributed by atoms with Gasteiger partial charge in [-0.3, -0.25) is 9.69 Å². The number of hydrogen-bond acceptors (Lipinski definition) is 6. The number of fused-ring (bicyclic) bond motifs is 1. The number of carbonyl (C=O) groups is 1. The van der Waals surface area contributed by atoms with E-state index in [0.717, 1.165) is 45.6 Å². The smallest absolute Gasteiger partial charge is 0.239 e. The number of thioether (sulfide) groups is 1. The number of ether oxygens (including phenoxy) is 1. The molecule has 162 valence electrons. The molecule has 1 heterocycles. The van der Waals surface area contributed by atoms with Crippen LogP contribution in [0, 0.1) is 0 Å². The first-order valence-corrected chi connectivity index (χ1v) is 11.6. The third-order valence-electron chi connectivity index (χ3n) is 4.76. The molecule has 0 atom stereocenters. The Balaban J connectivity index is 0.00000320. The first kappa shape index (κ1) is 24.5. The summed E-state index contributed by atoms with van der Waals surface area (Å²) in [6, 6.07) is 15.9. The molecule has 0 fully saturated rings. The van der Waals surface area contributed by atoms with Crippen LogP contribution in [-0.4, -0.2) is 54.8 Å². The molecule has 0 aliphatic heterocycles. The van der Waals surface area contributed by atoms with Crippen molar-refractivity contribution in [2.75, 3.05) is 43.9 Å². The Labute approximate surface area is 192 Å². The van der Waals surface area contributed by atoms with Crippen molar-refractivity contribution in [1.82, 2.24) is 9.88 Å². The number of hydrogen-bond donors (Lipinski definition) is 0. The summed E-state index contributed by atoms with van der Waals surface area (Å²) in [6.07, 6.45) is 0. The fourth-order valence-electron chi connectivity index (χ4n) is 3.04. The minimum Gasteiger partial charge on any atom is -0.494 e. The highest BCUT2D eigenvalue weighted by Gasteiger charge is 2.21. The fourth-order valence-corrected chi connectivity index (χ4v) is 4.86. The molecule has 2 aromatic carbocycles. The van der Waals surface area contributed by atoms with Crippen molar-refractivity contribution in [3.05, 3.63) is 48.5 Å². The SMILES string of the molecule is CCN(CC)CCN(C(=O)CSc1ccccc1)c1nc2c(OC)cccc2s1.Cl. The van der Waals surface area contributed by atoms with Crippen LogP contribution in [0.15, 0.2) is 53.4 Å². The number of amides is 1. The average Bonchev–Trinajstić information content (AvgIpc) is 3.20. The third kappa shape index (κ3) is 6.11. The molecule has 0 N–H and O–H groups in total. The van der Waals surface area contributed by atoms with Crippen LogP contribution in [0.2, 0.25) is 0 Å². The van der Waals surface area contributed by atoms with Gasteiger partial charge in [-0.2, -0.15) is 0 Å². The molecule has 0 unspecified atom stereocenters. The van der Waals surface area contributed by atoms with Crippen LogP contribution >= 0.6 is 35.5 Å². The number of carbonyl (C=O) groups excluding carboxylic acids is 1. The van der Waals surface area contributed by atoms with E-state index in [4.69, 9.17) is 9.72 Å². The molecule has 0 aliphatic rings. The fraction of sp³-hybridized carbons (Fsp3) is 0.364. The van der Waals surface area contributed by atoms with Gasteiger partial charge in [0.1, 0.15) is 11.3 Å². The molecule has 3 aromatic rings. The van der Waals surface area contributed by atoms with Crippen LogP contribution < -0.4 is 9.64 Å². The van der Waals surface area contributed by atoms with Crippen LogP contribution in [0.25, 0.3) is 10.2 Å². The van der Waals surface area contributed by atoms with Gasteiger partial charge in [-0.1, -0.05) is 49.4 Å². The van der Waals surface area contributed by atoms with Crippen molar-refractivity contribution < 1.29 is 9.53 Å². The molecule has 1 amide bonds. The second kappa shape index (κ2) is 12.2. The molecule has 0 spiro atoms. The van der Waals surface area contributed by atoms with Gasteiger partial charge in [0.15, 0.2) is 5.13 Å². The van der Waals surface area contributed by atoms with E-state index < -0.39 is 0 Å². The zero-order valence-electron chi connectivity index (χ0n) is 17.5. The van der Waals surface area contributed by atoms with Gasteiger partial charge in [-0.05, 0) is 37.4 Å². The molecule has 0 aliphatic carbocycles.